The highest BCUT2D eigenvalue weighted by Crippen LogP contribution is 2.15. The average Bonchev–Trinajstić information content (AvgIpc) is 2.71. The summed E-state index contributed by atoms with van der Waals surface area (Å²) in [6.45, 7) is 1.98. The van der Waals surface area contributed by atoms with Crippen LogP contribution in [0.2, 0.25) is 0 Å². The first-order chi connectivity index (χ1) is 14.2. The van der Waals surface area contributed by atoms with Crippen molar-refractivity contribution < 1.29 is 31.5 Å². The van der Waals surface area contributed by atoms with Crippen LogP contribution in [0.5, 0.6) is 0 Å². The van der Waals surface area contributed by atoms with Gasteiger partial charge in [-0.2, -0.15) is 0 Å². The van der Waals surface area contributed by atoms with Gasteiger partial charge < -0.3 is 9.80 Å². The Kier molecular flexibility index (Phi) is 8.75. The monoisotopic (exact) mass is 445 g/mol. The zero-order chi connectivity index (χ0) is 22.3. The van der Waals surface area contributed by atoms with E-state index in [0.717, 1.165) is 18.2 Å². The Morgan fingerprint density at radius 2 is 1.83 bits per heavy atom. The van der Waals surface area contributed by atoms with Gasteiger partial charge >= 0.3 is 0 Å². The van der Waals surface area contributed by atoms with Crippen LogP contribution in [0.3, 0.4) is 0 Å². The molecule has 2 rings (SSSR count). The number of hydrogen-bond donors (Lipinski definition) is 2. The third-order valence-electron chi connectivity index (χ3n) is 4.30. The highest BCUT2D eigenvalue weighted by Gasteiger charge is 2.26. The van der Waals surface area contributed by atoms with Crippen LogP contribution in [0.1, 0.15) is 17.3 Å². The van der Waals surface area contributed by atoms with Crippen molar-refractivity contribution in [2.24, 2.45) is 0 Å². The van der Waals surface area contributed by atoms with E-state index >= 15 is 0 Å². The molecule has 1 saturated heterocycles. The van der Waals surface area contributed by atoms with Crippen LogP contribution in [0, 0.1) is 11.6 Å². The molecular formula is C19H22F3N3O4S. The van der Waals surface area contributed by atoms with Crippen molar-refractivity contribution in [3.8, 4) is 0 Å². The van der Waals surface area contributed by atoms with E-state index in [9.17, 15) is 27.0 Å². The van der Waals surface area contributed by atoms with Gasteiger partial charge in [-0.25, -0.2) is 22.1 Å². The maximum atomic E-state index is 13.4. The van der Waals surface area contributed by atoms with Crippen molar-refractivity contribution >= 4 is 23.1 Å². The molecule has 1 aliphatic rings. The van der Waals surface area contributed by atoms with Gasteiger partial charge in [-0.1, -0.05) is 12.2 Å². The smallest absolute Gasteiger partial charge is 0.254 e. The molecule has 2 amide bonds. The van der Waals surface area contributed by atoms with Crippen LogP contribution in [0.4, 0.5) is 13.2 Å². The minimum Gasteiger partial charge on any atom is -0.335 e. The summed E-state index contributed by atoms with van der Waals surface area (Å²) in [5, 5.41) is 0. The van der Waals surface area contributed by atoms with Crippen LogP contribution in [-0.4, -0.2) is 69.3 Å². The molecule has 2 N–H and O–H groups in total. The molecule has 30 heavy (non-hydrogen) atoms. The van der Waals surface area contributed by atoms with Gasteiger partial charge in [0.15, 0.2) is 11.6 Å². The molecule has 2 atom stereocenters. The normalized spacial score (nSPS) is 17.3. The second-order valence-electron chi connectivity index (χ2n) is 6.51. The second-order valence-corrected chi connectivity index (χ2v) is 7.30. The predicted molar refractivity (Wildman–Crippen MR) is 105 cm³/mol. The third kappa shape index (κ3) is 6.78. The van der Waals surface area contributed by atoms with Crippen LogP contribution >= 0.6 is 0 Å². The van der Waals surface area contributed by atoms with Gasteiger partial charge in [-0.05, 0) is 31.2 Å². The van der Waals surface area contributed by atoms with Gasteiger partial charge in [-0.15, -0.1) is 0 Å². The van der Waals surface area contributed by atoms with Gasteiger partial charge in [0.2, 0.25) is 11.3 Å². The average molecular weight is 445 g/mol. The number of hydrogen-bond acceptors (Lipinski definition) is 3. The quantitative estimate of drug-likeness (QED) is 0.381. The van der Waals surface area contributed by atoms with Crippen LogP contribution in [0.15, 0.2) is 42.0 Å². The SMILES string of the molecule is CC(F)C=C(C=CCNS(=O)O)C(=O)N1CCN(C(=O)c2ccc(F)c(F)c2)CC1. The number of carbonyl (C=O) groups is 2. The van der Waals surface area contributed by atoms with E-state index in [1.54, 1.807) is 0 Å². The molecule has 11 heteroatoms. The zero-order valence-electron chi connectivity index (χ0n) is 16.2. The Hall–Kier alpha value is -2.50. The summed E-state index contributed by atoms with van der Waals surface area (Å²) >= 11 is -2.21. The Morgan fingerprint density at radius 1 is 1.20 bits per heavy atom. The topological polar surface area (TPSA) is 89.9 Å². The van der Waals surface area contributed by atoms with Crippen LogP contribution < -0.4 is 4.72 Å². The molecule has 0 bridgehead atoms. The number of benzene rings is 1. The summed E-state index contributed by atoms with van der Waals surface area (Å²) in [5.74, 6) is -3.08. The fourth-order valence-corrected chi connectivity index (χ4v) is 3.10. The molecule has 7 nitrogen and oxygen atoms in total. The Bertz CT molecular complexity index is 869. The molecule has 1 fully saturated rings. The molecule has 1 aromatic rings. The van der Waals surface area contributed by atoms with E-state index in [1.165, 1.54) is 34.9 Å². The molecular weight excluding hydrogens is 423 g/mol. The van der Waals surface area contributed by atoms with Crippen LogP contribution in [0.25, 0.3) is 0 Å². The number of carbonyl (C=O) groups excluding carboxylic acids is 2. The highest BCUT2D eigenvalue weighted by atomic mass is 32.2. The molecule has 0 aliphatic carbocycles. The van der Waals surface area contributed by atoms with E-state index in [-0.39, 0.29) is 43.9 Å². The number of nitrogens with one attached hydrogen (secondary N) is 1. The largest absolute Gasteiger partial charge is 0.335 e. The number of halogens is 3. The lowest BCUT2D eigenvalue weighted by molar-refractivity contribution is -0.128. The minimum absolute atomic E-state index is 0.00487. The van der Waals surface area contributed by atoms with E-state index in [2.05, 4.69) is 4.72 Å². The Balaban J connectivity index is 2.00. The van der Waals surface area contributed by atoms with E-state index in [0.29, 0.717) is 0 Å². The van der Waals surface area contributed by atoms with Crippen LogP contribution in [-0.2, 0) is 16.1 Å². The molecule has 0 aromatic heterocycles. The fraction of sp³-hybridized carbons (Fsp3) is 0.368. The first kappa shape index (κ1) is 23.8. The van der Waals surface area contributed by atoms with Gasteiger partial charge in [0.1, 0.15) is 6.17 Å². The second kappa shape index (κ2) is 11.0. The van der Waals surface area contributed by atoms with Gasteiger partial charge in [0, 0.05) is 43.9 Å². The van der Waals surface area contributed by atoms with E-state index < -0.39 is 40.9 Å². The van der Waals surface area contributed by atoms with Gasteiger partial charge in [0.05, 0.1) is 0 Å². The van der Waals surface area contributed by atoms with Gasteiger partial charge in [-0.3, -0.25) is 14.1 Å². The summed E-state index contributed by atoms with van der Waals surface area (Å²) in [4.78, 5) is 28.0. The van der Waals surface area contributed by atoms with Crippen molar-refractivity contribution in [2.45, 2.75) is 13.1 Å². The standard InChI is InChI=1S/C19H22F3N3O4S/c1-13(20)11-14(3-2-6-23-30(28)29)18(26)24-7-9-25(10-8-24)19(27)15-4-5-16(21)17(22)12-15/h2-5,11-13,23H,6-10H2,1H3,(H,28,29). The minimum atomic E-state index is -2.21. The summed E-state index contributed by atoms with van der Waals surface area (Å²) in [6, 6.07) is 2.90. The van der Waals surface area contributed by atoms with Crippen molar-refractivity contribution in [1.29, 1.82) is 0 Å². The maximum absolute atomic E-state index is 13.4. The molecule has 0 spiro atoms. The summed E-state index contributed by atoms with van der Waals surface area (Å²) in [7, 11) is 0. The number of rotatable bonds is 7. The first-order valence-corrected chi connectivity index (χ1v) is 10.2. The molecule has 0 saturated carbocycles. The Labute approximate surface area is 174 Å². The third-order valence-corrected chi connectivity index (χ3v) is 4.71. The number of alkyl halides is 1. The van der Waals surface area contributed by atoms with Crippen molar-refractivity contribution in [1.82, 2.24) is 14.5 Å². The molecule has 0 radical (unpaired) electrons. The predicted octanol–water partition coefficient (Wildman–Crippen LogP) is 1.82. The summed E-state index contributed by atoms with van der Waals surface area (Å²) < 4.78 is 61.3. The number of amides is 2. The number of nitrogens with zero attached hydrogens (tertiary/aromatic N) is 2. The molecule has 1 aliphatic heterocycles. The lowest BCUT2D eigenvalue weighted by atomic mass is 10.1. The van der Waals surface area contributed by atoms with E-state index in [4.69, 9.17) is 4.55 Å². The Morgan fingerprint density at radius 3 is 2.40 bits per heavy atom. The summed E-state index contributed by atoms with van der Waals surface area (Å²) in [6.07, 6.45) is 2.53. The molecule has 2 unspecified atom stereocenters. The molecule has 1 aromatic carbocycles. The van der Waals surface area contributed by atoms with Crippen molar-refractivity contribution in [3.05, 3.63) is 59.2 Å². The first-order valence-electron chi connectivity index (χ1n) is 9.09. The fourth-order valence-electron chi connectivity index (χ4n) is 2.86. The molecule has 1 heterocycles. The highest BCUT2D eigenvalue weighted by molar-refractivity contribution is 7.77. The maximum Gasteiger partial charge on any atom is 0.254 e. The lowest BCUT2D eigenvalue weighted by Gasteiger charge is -2.35. The molecule has 164 valence electrons. The lowest BCUT2D eigenvalue weighted by Crippen LogP contribution is -2.50. The zero-order valence-corrected chi connectivity index (χ0v) is 17.0. The van der Waals surface area contributed by atoms with Crippen molar-refractivity contribution in [2.75, 3.05) is 32.7 Å². The number of allylic oxidation sites excluding steroid dienone is 1. The van der Waals surface area contributed by atoms with E-state index in [1.807, 2.05) is 0 Å². The van der Waals surface area contributed by atoms with Gasteiger partial charge in [0.25, 0.3) is 11.8 Å². The number of piperazine rings is 1. The van der Waals surface area contributed by atoms with Crippen molar-refractivity contribution in [3.63, 3.8) is 0 Å². The summed E-state index contributed by atoms with van der Waals surface area (Å²) in [5.41, 5.74) is 0.0909.